The van der Waals surface area contributed by atoms with Crippen molar-refractivity contribution in [1.29, 1.82) is 0 Å². The van der Waals surface area contributed by atoms with Crippen molar-refractivity contribution in [3.8, 4) is 5.69 Å². The highest BCUT2D eigenvalue weighted by Crippen LogP contribution is 2.21. The molecule has 0 aliphatic rings. The molecule has 1 heterocycles. The molecule has 1 aromatic carbocycles. The Morgan fingerprint density at radius 2 is 2.00 bits per heavy atom. The quantitative estimate of drug-likeness (QED) is 0.869. The molecule has 0 saturated heterocycles. The van der Waals surface area contributed by atoms with E-state index in [2.05, 4.69) is 10.4 Å². The summed E-state index contributed by atoms with van der Waals surface area (Å²) in [5.74, 6) is 0. The van der Waals surface area contributed by atoms with Crippen LogP contribution in [0.3, 0.4) is 0 Å². The predicted octanol–water partition coefficient (Wildman–Crippen LogP) is 3.18. The molecule has 3 nitrogen and oxygen atoms in total. The maximum atomic E-state index is 13.0. The van der Waals surface area contributed by atoms with Crippen molar-refractivity contribution in [2.75, 3.05) is 6.54 Å². The molecule has 2 rings (SSSR count). The SMILES string of the molecule is CCCNC(c1cnn(-c2ccccc2)c1)C(F)F. The van der Waals surface area contributed by atoms with E-state index >= 15 is 0 Å². The van der Waals surface area contributed by atoms with Gasteiger partial charge in [-0.1, -0.05) is 25.1 Å². The molecule has 1 aromatic heterocycles. The summed E-state index contributed by atoms with van der Waals surface area (Å²) in [6.07, 6.45) is 1.51. The Bertz CT molecular complexity index is 496. The van der Waals surface area contributed by atoms with Gasteiger partial charge in [0.05, 0.1) is 17.9 Å². The Kier molecular flexibility index (Phi) is 4.63. The third-order valence-corrected chi connectivity index (χ3v) is 2.85. The maximum absolute atomic E-state index is 13.0. The molecule has 0 fully saturated rings. The average Bonchev–Trinajstić information content (AvgIpc) is 2.89. The van der Waals surface area contributed by atoms with Gasteiger partial charge in [-0.2, -0.15) is 5.10 Å². The molecular weight excluding hydrogens is 248 g/mol. The first-order valence-electron chi connectivity index (χ1n) is 6.34. The fourth-order valence-corrected chi connectivity index (χ4v) is 1.87. The lowest BCUT2D eigenvalue weighted by atomic mass is 10.1. The van der Waals surface area contributed by atoms with Crippen LogP contribution in [0.25, 0.3) is 5.69 Å². The summed E-state index contributed by atoms with van der Waals surface area (Å²) in [6, 6.07) is 8.48. The van der Waals surface area contributed by atoms with Gasteiger partial charge in [0.1, 0.15) is 0 Å². The first kappa shape index (κ1) is 13.7. The van der Waals surface area contributed by atoms with Crippen molar-refractivity contribution in [3.63, 3.8) is 0 Å². The van der Waals surface area contributed by atoms with E-state index in [-0.39, 0.29) is 0 Å². The lowest BCUT2D eigenvalue weighted by Crippen LogP contribution is -2.27. The summed E-state index contributed by atoms with van der Waals surface area (Å²) in [5, 5.41) is 6.99. The van der Waals surface area contributed by atoms with Crippen LogP contribution in [0.15, 0.2) is 42.7 Å². The summed E-state index contributed by atoms with van der Waals surface area (Å²) >= 11 is 0. The number of hydrogen-bond acceptors (Lipinski definition) is 2. The number of para-hydroxylation sites is 1. The Balaban J connectivity index is 2.19. The number of aromatic nitrogens is 2. The molecule has 102 valence electrons. The number of nitrogens with zero attached hydrogens (tertiary/aromatic N) is 2. The van der Waals surface area contributed by atoms with Gasteiger partial charge in [-0.05, 0) is 25.1 Å². The molecule has 1 N–H and O–H groups in total. The Morgan fingerprint density at radius 1 is 1.26 bits per heavy atom. The molecule has 5 heteroatoms. The molecule has 0 amide bonds. The second kappa shape index (κ2) is 6.43. The van der Waals surface area contributed by atoms with Gasteiger partial charge in [-0.25, -0.2) is 13.5 Å². The standard InChI is InChI=1S/C14H17F2N3/c1-2-8-17-13(14(15)16)11-9-18-19(10-11)12-6-4-3-5-7-12/h3-7,9-10,13-14,17H,2,8H2,1H3. The van der Waals surface area contributed by atoms with E-state index in [1.165, 1.54) is 6.20 Å². The van der Waals surface area contributed by atoms with Crippen LogP contribution < -0.4 is 5.32 Å². The van der Waals surface area contributed by atoms with Crippen molar-refractivity contribution in [2.24, 2.45) is 0 Å². The van der Waals surface area contributed by atoms with E-state index in [0.717, 1.165) is 12.1 Å². The summed E-state index contributed by atoms with van der Waals surface area (Å²) in [5.41, 5.74) is 1.37. The van der Waals surface area contributed by atoms with E-state index in [1.807, 2.05) is 37.3 Å². The Labute approximate surface area is 111 Å². The largest absolute Gasteiger partial charge is 0.305 e. The summed E-state index contributed by atoms with van der Waals surface area (Å²) in [7, 11) is 0. The minimum absolute atomic E-state index is 0.507. The topological polar surface area (TPSA) is 29.9 Å². The van der Waals surface area contributed by atoms with Gasteiger partial charge in [0.25, 0.3) is 6.43 Å². The maximum Gasteiger partial charge on any atom is 0.257 e. The number of rotatable bonds is 6. The summed E-state index contributed by atoms with van der Waals surface area (Å²) < 4.78 is 27.7. The van der Waals surface area contributed by atoms with Gasteiger partial charge in [-0.3, -0.25) is 0 Å². The number of benzene rings is 1. The highest BCUT2D eigenvalue weighted by atomic mass is 19.3. The molecule has 0 spiro atoms. The van der Waals surface area contributed by atoms with E-state index < -0.39 is 12.5 Å². The first-order chi connectivity index (χ1) is 9.22. The van der Waals surface area contributed by atoms with E-state index in [1.54, 1.807) is 10.9 Å². The Morgan fingerprint density at radius 3 is 2.63 bits per heavy atom. The van der Waals surface area contributed by atoms with Gasteiger partial charge in [-0.15, -0.1) is 0 Å². The Hall–Kier alpha value is -1.75. The molecule has 0 aliphatic carbocycles. The highest BCUT2D eigenvalue weighted by Gasteiger charge is 2.23. The van der Waals surface area contributed by atoms with Gasteiger partial charge >= 0.3 is 0 Å². The third kappa shape index (κ3) is 3.38. The number of alkyl halides is 2. The monoisotopic (exact) mass is 265 g/mol. The molecule has 1 unspecified atom stereocenters. The zero-order valence-corrected chi connectivity index (χ0v) is 10.8. The van der Waals surface area contributed by atoms with E-state index in [4.69, 9.17) is 0 Å². The third-order valence-electron chi connectivity index (χ3n) is 2.85. The minimum Gasteiger partial charge on any atom is -0.305 e. The van der Waals surface area contributed by atoms with Crippen molar-refractivity contribution in [1.82, 2.24) is 15.1 Å². The number of hydrogen-bond donors (Lipinski definition) is 1. The zero-order valence-electron chi connectivity index (χ0n) is 10.8. The minimum atomic E-state index is -2.44. The van der Waals surface area contributed by atoms with Crippen LogP contribution in [-0.2, 0) is 0 Å². The number of nitrogens with one attached hydrogen (secondary N) is 1. The molecule has 19 heavy (non-hydrogen) atoms. The lowest BCUT2D eigenvalue weighted by Gasteiger charge is -2.15. The van der Waals surface area contributed by atoms with Crippen LogP contribution in [0.2, 0.25) is 0 Å². The molecule has 1 atom stereocenters. The lowest BCUT2D eigenvalue weighted by molar-refractivity contribution is 0.0985. The first-order valence-corrected chi connectivity index (χ1v) is 6.34. The summed E-state index contributed by atoms with van der Waals surface area (Å²) in [6.45, 7) is 2.51. The molecular formula is C14H17F2N3. The fourth-order valence-electron chi connectivity index (χ4n) is 1.87. The van der Waals surface area contributed by atoms with Gasteiger partial charge in [0.2, 0.25) is 0 Å². The van der Waals surface area contributed by atoms with Crippen molar-refractivity contribution in [2.45, 2.75) is 25.8 Å². The average molecular weight is 265 g/mol. The zero-order chi connectivity index (χ0) is 13.7. The van der Waals surface area contributed by atoms with E-state index in [9.17, 15) is 8.78 Å². The van der Waals surface area contributed by atoms with Crippen molar-refractivity contribution < 1.29 is 8.78 Å². The fraction of sp³-hybridized carbons (Fsp3) is 0.357. The van der Waals surface area contributed by atoms with Gasteiger partial charge in [0, 0.05) is 11.8 Å². The second-order valence-electron chi connectivity index (χ2n) is 4.32. The van der Waals surface area contributed by atoms with Gasteiger partial charge < -0.3 is 5.32 Å². The van der Waals surface area contributed by atoms with E-state index in [0.29, 0.717) is 12.1 Å². The molecule has 0 aliphatic heterocycles. The van der Waals surface area contributed by atoms with Crippen LogP contribution in [0.5, 0.6) is 0 Å². The molecule has 2 aromatic rings. The molecule has 0 saturated carbocycles. The summed E-state index contributed by atoms with van der Waals surface area (Å²) in [4.78, 5) is 0. The number of halogens is 2. The van der Waals surface area contributed by atoms with Crippen LogP contribution in [-0.4, -0.2) is 22.8 Å². The second-order valence-corrected chi connectivity index (χ2v) is 4.32. The molecule has 0 radical (unpaired) electrons. The highest BCUT2D eigenvalue weighted by molar-refractivity contribution is 5.31. The van der Waals surface area contributed by atoms with Crippen molar-refractivity contribution >= 4 is 0 Å². The van der Waals surface area contributed by atoms with Crippen LogP contribution in [0.1, 0.15) is 24.9 Å². The smallest absolute Gasteiger partial charge is 0.257 e. The van der Waals surface area contributed by atoms with Crippen LogP contribution >= 0.6 is 0 Å². The van der Waals surface area contributed by atoms with Crippen molar-refractivity contribution in [3.05, 3.63) is 48.3 Å². The van der Waals surface area contributed by atoms with Crippen LogP contribution in [0, 0.1) is 0 Å². The predicted molar refractivity (Wildman–Crippen MR) is 70.6 cm³/mol. The normalized spacial score (nSPS) is 12.8. The molecule has 0 bridgehead atoms. The van der Waals surface area contributed by atoms with Gasteiger partial charge in [0.15, 0.2) is 0 Å². The van der Waals surface area contributed by atoms with Crippen LogP contribution in [0.4, 0.5) is 8.78 Å².